The molecule has 1 heterocycles. The summed E-state index contributed by atoms with van der Waals surface area (Å²) < 4.78 is 5.12. The number of carbonyl (C=O) groups excluding carboxylic acids is 1. The zero-order valence-corrected chi connectivity index (χ0v) is 12.9. The van der Waals surface area contributed by atoms with Crippen LogP contribution in [0.1, 0.15) is 5.56 Å². The number of aromatic nitrogens is 1. The molecular weight excluding hydrogens is 338 g/mol. The van der Waals surface area contributed by atoms with E-state index >= 15 is 0 Å². The normalized spacial score (nSPS) is 10.5. The Kier molecular flexibility index (Phi) is 5.63. The highest BCUT2D eigenvalue weighted by Gasteiger charge is 2.12. The summed E-state index contributed by atoms with van der Waals surface area (Å²) >= 11 is 6.01. The number of hydrazone groups is 1. The first-order chi connectivity index (χ1) is 11.5. The van der Waals surface area contributed by atoms with Crippen molar-refractivity contribution in [2.24, 2.45) is 10.8 Å². The van der Waals surface area contributed by atoms with Crippen LogP contribution in [0.4, 0.5) is 11.5 Å². The monoisotopic (exact) mass is 349 g/mol. The molecule has 124 valence electrons. The Balaban J connectivity index is 2.06. The van der Waals surface area contributed by atoms with Crippen molar-refractivity contribution in [1.29, 1.82) is 0 Å². The number of anilines is 1. The zero-order valence-electron chi connectivity index (χ0n) is 12.2. The fourth-order valence-electron chi connectivity index (χ4n) is 1.66. The number of halogens is 1. The van der Waals surface area contributed by atoms with Gasteiger partial charge in [-0.2, -0.15) is 5.10 Å². The van der Waals surface area contributed by atoms with Gasteiger partial charge in [-0.15, -0.1) is 0 Å². The Labute approximate surface area is 141 Å². The molecule has 1 aromatic heterocycles. The van der Waals surface area contributed by atoms with Gasteiger partial charge in [-0.3, -0.25) is 20.3 Å². The van der Waals surface area contributed by atoms with Crippen molar-refractivity contribution in [2.45, 2.75) is 0 Å². The minimum atomic E-state index is -0.613. The SMILES string of the molecule is NC(=O)COc1ccc(C=NNc2ncccc2[N+](=O)[O-])cc1Cl. The van der Waals surface area contributed by atoms with Crippen LogP contribution in [0.5, 0.6) is 5.75 Å². The Hall–Kier alpha value is -3.20. The maximum Gasteiger partial charge on any atom is 0.313 e. The van der Waals surface area contributed by atoms with Crippen LogP contribution in [0.15, 0.2) is 41.6 Å². The van der Waals surface area contributed by atoms with Crippen LogP contribution in [0.25, 0.3) is 0 Å². The number of nitrogens with two attached hydrogens (primary N) is 1. The van der Waals surface area contributed by atoms with Gasteiger partial charge in [0.15, 0.2) is 6.61 Å². The van der Waals surface area contributed by atoms with E-state index in [1.807, 2.05) is 0 Å². The number of primary amides is 1. The van der Waals surface area contributed by atoms with Crippen molar-refractivity contribution in [2.75, 3.05) is 12.0 Å². The van der Waals surface area contributed by atoms with Crippen LogP contribution in [0.3, 0.4) is 0 Å². The standard InChI is InChI=1S/C14H12ClN5O4/c15-10-6-9(3-4-12(10)24-8-13(16)21)7-18-19-14-11(20(22)23)2-1-5-17-14/h1-7H,8H2,(H2,16,21)(H,17,19). The summed E-state index contributed by atoms with van der Waals surface area (Å²) in [4.78, 5) is 24.8. The van der Waals surface area contributed by atoms with E-state index in [0.29, 0.717) is 11.3 Å². The zero-order chi connectivity index (χ0) is 17.5. The van der Waals surface area contributed by atoms with E-state index in [-0.39, 0.29) is 23.1 Å². The van der Waals surface area contributed by atoms with Gasteiger partial charge in [0.05, 0.1) is 16.2 Å². The molecule has 1 aromatic carbocycles. The van der Waals surface area contributed by atoms with Crippen LogP contribution in [-0.2, 0) is 4.79 Å². The second-order valence-corrected chi connectivity index (χ2v) is 4.85. The van der Waals surface area contributed by atoms with Crippen LogP contribution >= 0.6 is 11.6 Å². The molecule has 10 heteroatoms. The molecule has 0 radical (unpaired) electrons. The fraction of sp³-hybridized carbons (Fsp3) is 0.0714. The number of ether oxygens (including phenoxy) is 1. The Morgan fingerprint density at radius 2 is 2.29 bits per heavy atom. The molecule has 9 nitrogen and oxygen atoms in total. The predicted octanol–water partition coefficient (Wildman–Crippen LogP) is 1.95. The molecule has 0 saturated carbocycles. The highest BCUT2D eigenvalue weighted by molar-refractivity contribution is 6.32. The third-order valence-electron chi connectivity index (χ3n) is 2.69. The molecule has 0 unspecified atom stereocenters. The van der Waals surface area contributed by atoms with E-state index in [2.05, 4.69) is 15.5 Å². The quantitative estimate of drug-likeness (QED) is 0.446. The van der Waals surface area contributed by atoms with Crippen molar-refractivity contribution in [3.05, 3.63) is 57.2 Å². The Morgan fingerprint density at radius 1 is 1.50 bits per heavy atom. The van der Waals surface area contributed by atoms with E-state index in [9.17, 15) is 14.9 Å². The first-order valence-electron chi connectivity index (χ1n) is 6.56. The second kappa shape index (κ2) is 7.88. The molecule has 2 rings (SSSR count). The molecule has 2 aromatic rings. The van der Waals surface area contributed by atoms with Gasteiger partial charge < -0.3 is 10.5 Å². The number of hydrogen-bond acceptors (Lipinski definition) is 7. The number of nitrogens with zero attached hydrogens (tertiary/aromatic N) is 3. The summed E-state index contributed by atoms with van der Waals surface area (Å²) in [5.41, 5.74) is 7.90. The number of pyridine rings is 1. The fourth-order valence-corrected chi connectivity index (χ4v) is 1.91. The summed E-state index contributed by atoms with van der Waals surface area (Å²) in [6.07, 6.45) is 2.81. The van der Waals surface area contributed by atoms with Gasteiger partial charge in [0.2, 0.25) is 5.82 Å². The first kappa shape index (κ1) is 17.2. The summed E-state index contributed by atoms with van der Waals surface area (Å²) in [6.45, 7) is -0.280. The van der Waals surface area contributed by atoms with Gasteiger partial charge in [-0.25, -0.2) is 4.98 Å². The molecule has 24 heavy (non-hydrogen) atoms. The van der Waals surface area contributed by atoms with Crippen molar-refractivity contribution in [3.63, 3.8) is 0 Å². The van der Waals surface area contributed by atoms with E-state index < -0.39 is 10.8 Å². The predicted molar refractivity (Wildman–Crippen MR) is 88.2 cm³/mol. The van der Waals surface area contributed by atoms with Crippen LogP contribution in [0.2, 0.25) is 5.02 Å². The number of carbonyl (C=O) groups is 1. The van der Waals surface area contributed by atoms with E-state index in [1.165, 1.54) is 24.5 Å². The van der Waals surface area contributed by atoms with Crippen LogP contribution < -0.4 is 15.9 Å². The molecule has 0 saturated heterocycles. The summed E-state index contributed by atoms with van der Waals surface area (Å²) in [7, 11) is 0. The third kappa shape index (κ3) is 4.65. The lowest BCUT2D eigenvalue weighted by Gasteiger charge is -2.06. The van der Waals surface area contributed by atoms with Crippen molar-refractivity contribution >= 4 is 35.2 Å². The molecule has 0 aliphatic heterocycles. The maximum atomic E-state index is 10.9. The highest BCUT2D eigenvalue weighted by Crippen LogP contribution is 2.25. The molecule has 0 aliphatic rings. The molecule has 0 spiro atoms. The van der Waals surface area contributed by atoms with Crippen molar-refractivity contribution < 1.29 is 14.5 Å². The van der Waals surface area contributed by atoms with Gasteiger partial charge in [0, 0.05) is 12.3 Å². The third-order valence-corrected chi connectivity index (χ3v) is 2.99. The van der Waals surface area contributed by atoms with Crippen molar-refractivity contribution in [1.82, 2.24) is 4.98 Å². The second-order valence-electron chi connectivity index (χ2n) is 4.44. The Morgan fingerprint density at radius 3 is 2.96 bits per heavy atom. The van der Waals surface area contributed by atoms with Gasteiger partial charge in [0.1, 0.15) is 5.75 Å². The van der Waals surface area contributed by atoms with E-state index in [0.717, 1.165) is 0 Å². The lowest BCUT2D eigenvalue weighted by atomic mass is 10.2. The Bertz CT molecular complexity index is 796. The topological polar surface area (TPSA) is 133 Å². The number of benzene rings is 1. The molecule has 0 fully saturated rings. The van der Waals surface area contributed by atoms with E-state index in [1.54, 1.807) is 18.2 Å². The number of amides is 1. The maximum absolute atomic E-state index is 10.9. The van der Waals surface area contributed by atoms with Crippen molar-refractivity contribution in [3.8, 4) is 5.75 Å². The minimum absolute atomic E-state index is 0.0197. The largest absolute Gasteiger partial charge is 0.482 e. The summed E-state index contributed by atoms with van der Waals surface area (Å²) in [6, 6.07) is 7.51. The smallest absolute Gasteiger partial charge is 0.313 e. The molecule has 0 aliphatic carbocycles. The van der Waals surface area contributed by atoms with Gasteiger partial charge >= 0.3 is 5.69 Å². The summed E-state index contributed by atoms with van der Waals surface area (Å²) in [5, 5.41) is 15.0. The average Bonchev–Trinajstić information content (AvgIpc) is 2.54. The summed E-state index contributed by atoms with van der Waals surface area (Å²) in [5.74, 6) is -0.287. The highest BCUT2D eigenvalue weighted by atomic mass is 35.5. The lowest BCUT2D eigenvalue weighted by Crippen LogP contribution is -2.20. The number of nitro groups is 1. The number of nitrogens with one attached hydrogen (secondary N) is 1. The number of rotatable bonds is 7. The molecule has 1 amide bonds. The van der Waals surface area contributed by atoms with Gasteiger partial charge in [0.25, 0.3) is 5.91 Å². The van der Waals surface area contributed by atoms with Gasteiger partial charge in [-0.1, -0.05) is 11.6 Å². The van der Waals surface area contributed by atoms with E-state index in [4.69, 9.17) is 22.1 Å². The average molecular weight is 350 g/mol. The van der Waals surface area contributed by atoms with Crippen LogP contribution in [-0.4, -0.2) is 28.6 Å². The number of hydrogen-bond donors (Lipinski definition) is 2. The minimum Gasteiger partial charge on any atom is -0.482 e. The molecule has 0 bridgehead atoms. The molecule has 3 N–H and O–H groups in total. The lowest BCUT2D eigenvalue weighted by molar-refractivity contribution is -0.384. The molecule has 0 atom stereocenters. The first-order valence-corrected chi connectivity index (χ1v) is 6.94. The van der Waals surface area contributed by atoms with Crippen LogP contribution in [0, 0.1) is 10.1 Å². The molecular formula is C14H12ClN5O4. The van der Waals surface area contributed by atoms with Gasteiger partial charge in [-0.05, 0) is 29.8 Å².